The van der Waals surface area contributed by atoms with Crippen molar-refractivity contribution < 1.29 is 19.2 Å². The fraction of sp³-hybridized carbons (Fsp3) is 0.571. The number of ketones is 1. The number of carbonyl (C=O) groups is 2. The normalized spacial score (nSPS) is 36.3. The summed E-state index contributed by atoms with van der Waals surface area (Å²) in [4.78, 5) is 35.3. The van der Waals surface area contributed by atoms with E-state index in [1.54, 1.807) is 6.92 Å². The minimum atomic E-state index is -0.476. The minimum Gasteiger partial charge on any atom is -0.458 e. The first-order chi connectivity index (χ1) is 16.1. The van der Waals surface area contributed by atoms with Crippen LogP contribution < -0.4 is 0 Å². The van der Waals surface area contributed by atoms with E-state index in [9.17, 15) is 19.7 Å². The van der Waals surface area contributed by atoms with Gasteiger partial charge in [-0.25, -0.2) is 4.79 Å². The molecule has 1 aromatic carbocycles. The van der Waals surface area contributed by atoms with Crippen LogP contribution in [-0.2, 0) is 9.53 Å². The van der Waals surface area contributed by atoms with Crippen molar-refractivity contribution >= 4 is 17.4 Å². The van der Waals surface area contributed by atoms with Crippen LogP contribution in [0.1, 0.15) is 76.1 Å². The van der Waals surface area contributed by atoms with Crippen molar-refractivity contribution in [1.29, 1.82) is 0 Å². The summed E-state index contributed by atoms with van der Waals surface area (Å²) in [6.07, 6.45) is 11.3. The number of nitro groups is 1. The van der Waals surface area contributed by atoms with Gasteiger partial charge in [0.2, 0.25) is 0 Å². The first-order valence-corrected chi connectivity index (χ1v) is 12.5. The zero-order valence-electron chi connectivity index (χ0n) is 20.2. The molecule has 0 unspecified atom stereocenters. The highest BCUT2D eigenvalue weighted by Gasteiger charge is 2.57. The highest BCUT2D eigenvalue weighted by atomic mass is 16.6. The second kappa shape index (κ2) is 8.17. The Balaban J connectivity index is 1.29. The van der Waals surface area contributed by atoms with Crippen LogP contribution in [0, 0.1) is 38.7 Å². The summed E-state index contributed by atoms with van der Waals surface area (Å²) in [6.45, 7) is 6.43. The lowest BCUT2D eigenvalue weighted by Gasteiger charge is -2.57. The van der Waals surface area contributed by atoms with Crippen molar-refractivity contribution in [1.82, 2.24) is 0 Å². The van der Waals surface area contributed by atoms with Crippen molar-refractivity contribution in [3.63, 3.8) is 0 Å². The molecule has 0 radical (unpaired) electrons. The lowest BCUT2D eigenvalue weighted by molar-refractivity contribution is -0.384. The SMILES string of the molecule is CC(=O)C1=CC[C@H]2[C@@H]3CC=C4C[C@@H](OC(=O)c5ccc([N+](=O)[O-])cc5)CC[C@]4(C)[C@H]3CC[C@]12C. The zero-order valence-corrected chi connectivity index (χ0v) is 20.2. The number of ether oxygens (including phenoxy) is 1. The molecule has 0 aromatic heterocycles. The van der Waals surface area contributed by atoms with E-state index in [2.05, 4.69) is 26.0 Å². The predicted octanol–water partition coefficient (Wildman–Crippen LogP) is 6.21. The Morgan fingerprint density at radius 3 is 2.38 bits per heavy atom. The van der Waals surface area contributed by atoms with Gasteiger partial charge in [0.05, 0.1) is 10.5 Å². The van der Waals surface area contributed by atoms with Gasteiger partial charge in [0, 0.05) is 18.6 Å². The van der Waals surface area contributed by atoms with Crippen LogP contribution in [-0.4, -0.2) is 22.8 Å². The molecule has 0 spiro atoms. The van der Waals surface area contributed by atoms with E-state index in [-0.39, 0.29) is 28.4 Å². The number of benzene rings is 1. The lowest BCUT2D eigenvalue weighted by Crippen LogP contribution is -2.50. The summed E-state index contributed by atoms with van der Waals surface area (Å²) in [7, 11) is 0. The molecule has 6 atom stereocenters. The molecule has 4 aliphatic carbocycles. The highest BCUT2D eigenvalue weighted by molar-refractivity contribution is 5.95. The van der Waals surface area contributed by atoms with Crippen LogP contribution in [0.4, 0.5) is 5.69 Å². The van der Waals surface area contributed by atoms with Crippen molar-refractivity contribution in [3.05, 3.63) is 63.2 Å². The van der Waals surface area contributed by atoms with Gasteiger partial charge in [-0.1, -0.05) is 31.6 Å². The van der Waals surface area contributed by atoms with Gasteiger partial charge in [-0.2, -0.15) is 0 Å². The fourth-order valence-electron chi connectivity index (χ4n) is 7.78. The van der Waals surface area contributed by atoms with E-state index < -0.39 is 10.9 Å². The van der Waals surface area contributed by atoms with E-state index in [0.717, 1.165) is 50.5 Å². The molecule has 4 aliphatic rings. The Hall–Kier alpha value is -2.76. The number of Topliss-reactive ketones (excluding diaryl/α,β-unsaturated/α-hetero) is 1. The third-order valence-electron chi connectivity index (χ3n) is 9.61. The van der Waals surface area contributed by atoms with Crippen LogP contribution in [0.25, 0.3) is 0 Å². The number of non-ortho nitro benzene ring substituents is 1. The van der Waals surface area contributed by atoms with Crippen LogP contribution in [0.15, 0.2) is 47.6 Å². The van der Waals surface area contributed by atoms with Crippen molar-refractivity contribution in [2.24, 2.45) is 28.6 Å². The molecule has 0 saturated heterocycles. The van der Waals surface area contributed by atoms with Crippen LogP contribution in [0.2, 0.25) is 0 Å². The van der Waals surface area contributed by atoms with E-state index in [1.807, 2.05) is 0 Å². The summed E-state index contributed by atoms with van der Waals surface area (Å²) < 4.78 is 5.84. The second-order valence-corrected chi connectivity index (χ2v) is 11.2. The number of carbonyl (C=O) groups excluding carboxylic acids is 2. The molecular formula is C28H33NO5. The molecule has 0 N–H and O–H groups in total. The summed E-state index contributed by atoms with van der Waals surface area (Å²) >= 11 is 0. The van der Waals surface area contributed by atoms with Gasteiger partial charge in [0.25, 0.3) is 5.69 Å². The molecule has 2 fully saturated rings. The number of esters is 1. The molecular weight excluding hydrogens is 430 g/mol. The molecule has 0 heterocycles. The number of fused-ring (bicyclic) bond motifs is 5. The molecule has 0 aliphatic heterocycles. The fourth-order valence-corrected chi connectivity index (χ4v) is 7.78. The van der Waals surface area contributed by atoms with Gasteiger partial charge in [0.15, 0.2) is 5.78 Å². The lowest BCUT2D eigenvalue weighted by atomic mass is 9.47. The maximum atomic E-state index is 12.7. The number of rotatable bonds is 4. The maximum Gasteiger partial charge on any atom is 0.338 e. The average Bonchev–Trinajstić information content (AvgIpc) is 3.17. The zero-order chi connectivity index (χ0) is 24.3. The molecule has 5 rings (SSSR count). The summed E-state index contributed by atoms with van der Waals surface area (Å²) in [5.74, 6) is 1.56. The van der Waals surface area contributed by atoms with Gasteiger partial charge in [-0.15, -0.1) is 0 Å². The minimum absolute atomic E-state index is 0.0200. The Labute approximate surface area is 200 Å². The largest absolute Gasteiger partial charge is 0.458 e. The van der Waals surface area contributed by atoms with Crippen LogP contribution in [0.3, 0.4) is 0 Å². The van der Waals surface area contributed by atoms with E-state index in [1.165, 1.54) is 29.8 Å². The number of hydrogen-bond acceptors (Lipinski definition) is 5. The Morgan fingerprint density at radius 1 is 1.00 bits per heavy atom. The molecule has 0 bridgehead atoms. The number of allylic oxidation sites excluding steroid dienone is 3. The Bertz CT molecular complexity index is 1100. The standard InChI is InChI=1S/C28H33NO5/c1-17(30)23-10-11-24-22-9-6-19-16-21(12-14-27(19,2)25(22)13-15-28(23,24)3)34-26(31)18-4-7-20(8-5-18)29(32)33/h4-8,10,21-22,24-25H,9,11-16H2,1-3H3/t21-,22-,24-,25-,27-,28+/m0/s1. The molecule has 6 heteroatoms. The monoisotopic (exact) mass is 463 g/mol. The summed E-state index contributed by atoms with van der Waals surface area (Å²) in [6, 6.07) is 5.60. The van der Waals surface area contributed by atoms with E-state index >= 15 is 0 Å². The summed E-state index contributed by atoms with van der Waals surface area (Å²) in [5.41, 5.74) is 2.92. The number of nitro benzene ring substituents is 1. The van der Waals surface area contributed by atoms with Gasteiger partial charge < -0.3 is 4.74 Å². The molecule has 180 valence electrons. The van der Waals surface area contributed by atoms with Gasteiger partial charge in [-0.3, -0.25) is 14.9 Å². The third kappa shape index (κ3) is 3.53. The second-order valence-electron chi connectivity index (χ2n) is 11.2. The maximum absolute atomic E-state index is 12.7. The molecule has 1 aromatic rings. The van der Waals surface area contributed by atoms with Crippen molar-refractivity contribution in [2.75, 3.05) is 0 Å². The smallest absolute Gasteiger partial charge is 0.338 e. The predicted molar refractivity (Wildman–Crippen MR) is 128 cm³/mol. The molecule has 0 amide bonds. The molecule has 2 saturated carbocycles. The first kappa shape index (κ1) is 23.0. The molecule has 34 heavy (non-hydrogen) atoms. The average molecular weight is 464 g/mol. The number of hydrogen-bond donors (Lipinski definition) is 0. The van der Waals surface area contributed by atoms with Crippen molar-refractivity contribution in [3.8, 4) is 0 Å². The van der Waals surface area contributed by atoms with Crippen LogP contribution >= 0.6 is 0 Å². The van der Waals surface area contributed by atoms with E-state index in [4.69, 9.17) is 4.74 Å². The van der Waals surface area contributed by atoms with Gasteiger partial charge in [-0.05, 0) is 91.7 Å². The quantitative estimate of drug-likeness (QED) is 0.229. The topological polar surface area (TPSA) is 86.5 Å². The van der Waals surface area contributed by atoms with Crippen molar-refractivity contribution in [2.45, 2.75) is 71.8 Å². The Kier molecular flexibility index (Phi) is 5.53. The van der Waals surface area contributed by atoms with Crippen LogP contribution in [0.5, 0.6) is 0 Å². The van der Waals surface area contributed by atoms with Gasteiger partial charge in [0.1, 0.15) is 6.10 Å². The Morgan fingerprint density at radius 2 is 1.71 bits per heavy atom. The highest BCUT2D eigenvalue weighted by Crippen LogP contribution is 2.65. The van der Waals surface area contributed by atoms with Gasteiger partial charge >= 0.3 is 5.97 Å². The van der Waals surface area contributed by atoms with E-state index in [0.29, 0.717) is 23.3 Å². The first-order valence-electron chi connectivity index (χ1n) is 12.5. The number of nitrogens with zero attached hydrogens (tertiary/aromatic N) is 1. The molecule has 6 nitrogen and oxygen atoms in total. The summed E-state index contributed by atoms with van der Waals surface area (Å²) in [5, 5.41) is 10.9. The third-order valence-corrected chi connectivity index (χ3v) is 9.61.